The molecule has 2 N–H and O–H groups in total. The van der Waals surface area contributed by atoms with Crippen molar-refractivity contribution >= 4 is 23.4 Å². The molecule has 2 heterocycles. The maximum absolute atomic E-state index is 11.9. The SMILES string of the molecule is CCC(=O)On1nc(-c2cc(Cl)c(N)nc2-c2ccccc2)ccc1=O. The van der Waals surface area contributed by atoms with Crippen LogP contribution in [-0.2, 0) is 4.79 Å². The van der Waals surface area contributed by atoms with Crippen LogP contribution in [0, 0.1) is 0 Å². The first kappa shape index (κ1) is 17.6. The van der Waals surface area contributed by atoms with Gasteiger partial charge in [0.05, 0.1) is 16.4 Å². The second-order valence-electron chi connectivity index (χ2n) is 5.36. The Labute approximate surface area is 154 Å². The number of nitrogens with two attached hydrogens (primary N) is 1. The minimum Gasteiger partial charge on any atom is -0.382 e. The Balaban J connectivity index is 2.18. The van der Waals surface area contributed by atoms with Crippen molar-refractivity contribution in [2.75, 3.05) is 5.73 Å². The normalized spacial score (nSPS) is 10.5. The van der Waals surface area contributed by atoms with Gasteiger partial charge in [0, 0.05) is 23.6 Å². The fourth-order valence-corrected chi connectivity index (χ4v) is 2.43. The molecule has 7 nitrogen and oxygen atoms in total. The van der Waals surface area contributed by atoms with E-state index in [0.29, 0.717) is 21.8 Å². The van der Waals surface area contributed by atoms with Crippen molar-refractivity contribution in [1.29, 1.82) is 0 Å². The summed E-state index contributed by atoms with van der Waals surface area (Å²) in [4.78, 5) is 33.3. The number of benzene rings is 1. The third-order valence-electron chi connectivity index (χ3n) is 3.57. The Morgan fingerprint density at radius 1 is 1.23 bits per heavy atom. The van der Waals surface area contributed by atoms with Gasteiger partial charge in [-0.2, -0.15) is 0 Å². The molecule has 0 radical (unpaired) electrons. The van der Waals surface area contributed by atoms with Crippen LogP contribution in [0.25, 0.3) is 22.5 Å². The summed E-state index contributed by atoms with van der Waals surface area (Å²) < 4.78 is 0. The lowest BCUT2D eigenvalue weighted by molar-refractivity contribution is -0.146. The van der Waals surface area contributed by atoms with Crippen molar-refractivity contribution < 1.29 is 9.63 Å². The molecule has 0 spiro atoms. The molecule has 0 aliphatic carbocycles. The number of anilines is 1. The van der Waals surface area contributed by atoms with Crippen molar-refractivity contribution in [2.45, 2.75) is 13.3 Å². The fourth-order valence-electron chi connectivity index (χ4n) is 2.28. The molecule has 0 aliphatic heterocycles. The van der Waals surface area contributed by atoms with E-state index in [2.05, 4.69) is 10.1 Å². The smallest absolute Gasteiger partial charge is 0.334 e. The number of nitrogen functional groups attached to an aromatic ring is 1. The minimum absolute atomic E-state index is 0.114. The molecule has 26 heavy (non-hydrogen) atoms. The Morgan fingerprint density at radius 3 is 2.65 bits per heavy atom. The van der Waals surface area contributed by atoms with Gasteiger partial charge in [-0.3, -0.25) is 4.79 Å². The Morgan fingerprint density at radius 2 is 1.96 bits per heavy atom. The highest BCUT2D eigenvalue weighted by Crippen LogP contribution is 2.33. The molecule has 0 amide bonds. The maximum atomic E-state index is 11.9. The number of aromatic nitrogens is 3. The highest BCUT2D eigenvalue weighted by molar-refractivity contribution is 6.33. The first-order valence-electron chi connectivity index (χ1n) is 7.83. The van der Waals surface area contributed by atoms with Crippen LogP contribution < -0.4 is 16.1 Å². The van der Waals surface area contributed by atoms with Gasteiger partial charge in [0.25, 0.3) is 0 Å². The molecule has 0 fully saturated rings. The Bertz CT molecular complexity index is 1020. The largest absolute Gasteiger partial charge is 0.382 e. The zero-order chi connectivity index (χ0) is 18.7. The van der Waals surface area contributed by atoms with Crippen molar-refractivity contribution in [1.82, 2.24) is 14.9 Å². The van der Waals surface area contributed by atoms with E-state index in [0.717, 1.165) is 5.56 Å². The van der Waals surface area contributed by atoms with Gasteiger partial charge >= 0.3 is 11.5 Å². The Kier molecular flexibility index (Phi) is 4.99. The van der Waals surface area contributed by atoms with Crippen LogP contribution in [0.2, 0.25) is 5.02 Å². The number of halogens is 1. The van der Waals surface area contributed by atoms with Crippen LogP contribution >= 0.6 is 11.6 Å². The third-order valence-corrected chi connectivity index (χ3v) is 3.88. The monoisotopic (exact) mass is 370 g/mol. The number of hydrogen-bond donors (Lipinski definition) is 1. The van der Waals surface area contributed by atoms with Crippen LogP contribution in [0.1, 0.15) is 13.3 Å². The summed E-state index contributed by atoms with van der Waals surface area (Å²) in [7, 11) is 0. The van der Waals surface area contributed by atoms with Crippen molar-refractivity contribution in [2.24, 2.45) is 0 Å². The molecule has 3 aromatic rings. The van der Waals surface area contributed by atoms with Crippen molar-refractivity contribution in [3.05, 3.63) is 63.9 Å². The maximum Gasteiger partial charge on any atom is 0.334 e. The van der Waals surface area contributed by atoms with Crippen molar-refractivity contribution in [3.63, 3.8) is 0 Å². The first-order valence-corrected chi connectivity index (χ1v) is 8.20. The summed E-state index contributed by atoms with van der Waals surface area (Å²) in [5.74, 6) is -0.395. The number of rotatable bonds is 4. The molecule has 0 saturated heterocycles. The van der Waals surface area contributed by atoms with Crippen molar-refractivity contribution in [3.8, 4) is 22.5 Å². The lowest BCUT2D eigenvalue weighted by Crippen LogP contribution is -2.32. The standard InChI is InChI=1S/C18H15ClN4O3/c1-2-16(25)26-23-15(24)9-8-14(22-23)12-10-13(19)18(20)21-17(12)11-6-4-3-5-7-11/h3-10H,2H2,1H3,(H2,20,21). The summed E-state index contributed by atoms with van der Waals surface area (Å²) in [5, 5.41) is 4.36. The first-order chi connectivity index (χ1) is 12.5. The van der Waals surface area contributed by atoms with Crippen LogP contribution in [0.4, 0.5) is 5.82 Å². The molecule has 132 valence electrons. The quantitative estimate of drug-likeness (QED) is 0.757. The van der Waals surface area contributed by atoms with E-state index < -0.39 is 11.5 Å². The second-order valence-corrected chi connectivity index (χ2v) is 5.77. The van der Waals surface area contributed by atoms with Crippen LogP contribution in [0.5, 0.6) is 0 Å². The molecule has 0 atom stereocenters. The van der Waals surface area contributed by atoms with Gasteiger partial charge in [-0.25, -0.2) is 9.78 Å². The summed E-state index contributed by atoms with van der Waals surface area (Å²) >= 11 is 6.13. The van der Waals surface area contributed by atoms with E-state index in [1.54, 1.807) is 13.0 Å². The average molecular weight is 371 g/mol. The van der Waals surface area contributed by atoms with Gasteiger partial charge in [-0.1, -0.05) is 48.9 Å². The molecule has 0 aliphatic rings. The summed E-state index contributed by atoms with van der Waals surface area (Å²) in [6.45, 7) is 1.62. The minimum atomic E-state index is -0.575. The van der Waals surface area contributed by atoms with E-state index >= 15 is 0 Å². The molecule has 3 rings (SSSR count). The van der Waals surface area contributed by atoms with Crippen LogP contribution in [0.3, 0.4) is 0 Å². The second kappa shape index (κ2) is 7.37. The fraction of sp³-hybridized carbons (Fsp3) is 0.111. The highest BCUT2D eigenvalue weighted by Gasteiger charge is 2.16. The molecule has 2 aromatic heterocycles. The van der Waals surface area contributed by atoms with Crippen LogP contribution in [0.15, 0.2) is 53.3 Å². The molecular formula is C18H15ClN4O3. The molecule has 0 bridgehead atoms. The number of carbonyl (C=O) groups excluding carboxylic acids is 1. The summed E-state index contributed by atoms with van der Waals surface area (Å²) in [5.41, 5.74) is 7.56. The predicted molar refractivity (Wildman–Crippen MR) is 98.5 cm³/mol. The van der Waals surface area contributed by atoms with Gasteiger partial charge < -0.3 is 10.6 Å². The lowest BCUT2D eigenvalue weighted by atomic mass is 10.0. The van der Waals surface area contributed by atoms with Gasteiger partial charge in [-0.05, 0) is 17.0 Å². The zero-order valence-electron chi connectivity index (χ0n) is 13.8. The van der Waals surface area contributed by atoms with E-state index in [-0.39, 0.29) is 17.3 Å². The molecule has 1 aromatic carbocycles. The topological polar surface area (TPSA) is 100 Å². The van der Waals surface area contributed by atoms with E-state index in [4.69, 9.17) is 22.2 Å². The average Bonchev–Trinajstić information content (AvgIpc) is 2.66. The van der Waals surface area contributed by atoms with Crippen LogP contribution in [-0.4, -0.2) is 20.9 Å². The Hall–Kier alpha value is -3.19. The lowest BCUT2D eigenvalue weighted by Gasteiger charge is -2.12. The van der Waals surface area contributed by atoms with E-state index in [1.807, 2.05) is 30.3 Å². The van der Waals surface area contributed by atoms with Gasteiger partial charge in [0.1, 0.15) is 5.82 Å². The molecular weight excluding hydrogens is 356 g/mol. The van der Waals surface area contributed by atoms with Gasteiger partial charge in [0.15, 0.2) is 0 Å². The number of carbonyl (C=O) groups is 1. The highest BCUT2D eigenvalue weighted by atomic mass is 35.5. The molecule has 8 heteroatoms. The van der Waals surface area contributed by atoms with Gasteiger partial charge in [-0.15, -0.1) is 5.10 Å². The number of hydrogen-bond acceptors (Lipinski definition) is 6. The summed E-state index contributed by atoms with van der Waals surface area (Å²) in [6.07, 6.45) is 0.114. The zero-order valence-corrected chi connectivity index (χ0v) is 14.6. The van der Waals surface area contributed by atoms with Gasteiger partial charge in [0.2, 0.25) is 0 Å². The molecule has 0 saturated carbocycles. The number of pyridine rings is 1. The number of nitrogens with zero attached hydrogens (tertiary/aromatic N) is 3. The third kappa shape index (κ3) is 3.57. The summed E-state index contributed by atoms with van der Waals surface area (Å²) in [6, 6.07) is 13.7. The predicted octanol–water partition coefficient (Wildman–Crippen LogP) is 2.57. The molecule has 0 unspecified atom stereocenters. The van der Waals surface area contributed by atoms with E-state index in [9.17, 15) is 9.59 Å². The van der Waals surface area contributed by atoms with E-state index in [1.165, 1.54) is 12.1 Å².